The summed E-state index contributed by atoms with van der Waals surface area (Å²) in [6.07, 6.45) is 0.603. The number of anilines is 1. The Hall–Kier alpha value is -3.24. The highest BCUT2D eigenvalue weighted by atomic mass is 19.4. The first-order valence-electron chi connectivity index (χ1n) is 13.5. The van der Waals surface area contributed by atoms with Crippen LogP contribution in [0.1, 0.15) is 71.0 Å². The number of fused-ring (bicyclic) bond motifs is 1. The molecule has 2 aliphatic heterocycles. The van der Waals surface area contributed by atoms with Gasteiger partial charge >= 0.3 is 6.18 Å². The van der Waals surface area contributed by atoms with E-state index in [1.165, 1.54) is 11.0 Å². The van der Waals surface area contributed by atoms with E-state index in [1.807, 2.05) is 29.8 Å². The number of piperidine rings is 1. The van der Waals surface area contributed by atoms with Gasteiger partial charge in [0.05, 0.1) is 17.5 Å². The van der Waals surface area contributed by atoms with Gasteiger partial charge in [-0.3, -0.25) is 9.69 Å². The maximum absolute atomic E-state index is 14.3. The van der Waals surface area contributed by atoms with Gasteiger partial charge in [0, 0.05) is 37.4 Å². The molecule has 1 aliphatic carbocycles. The second kappa shape index (κ2) is 9.45. The van der Waals surface area contributed by atoms with Gasteiger partial charge in [-0.25, -0.2) is 0 Å². The van der Waals surface area contributed by atoms with E-state index in [2.05, 4.69) is 22.0 Å². The Morgan fingerprint density at radius 2 is 1.97 bits per heavy atom. The molecule has 7 nitrogen and oxygen atoms in total. The van der Waals surface area contributed by atoms with Crippen LogP contribution in [0.25, 0.3) is 0 Å². The lowest BCUT2D eigenvalue weighted by atomic mass is 9.61. The van der Waals surface area contributed by atoms with Crippen molar-refractivity contribution in [2.75, 3.05) is 18.0 Å². The van der Waals surface area contributed by atoms with Crippen LogP contribution in [0.5, 0.6) is 0 Å². The number of aryl methyl sites for hydroxylation is 1. The lowest BCUT2D eigenvalue weighted by molar-refractivity contribution is -0.138. The van der Waals surface area contributed by atoms with Crippen LogP contribution in [0, 0.1) is 5.92 Å². The summed E-state index contributed by atoms with van der Waals surface area (Å²) >= 11 is 0. The van der Waals surface area contributed by atoms with E-state index in [4.69, 9.17) is 5.73 Å². The van der Waals surface area contributed by atoms with E-state index in [0.717, 1.165) is 37.3 Å². The van der Waals surface area contributed by atoms with Gasteiger partial charge in [-0.1, -0.05) is 19.1 Å². The van der Waals surface area contributed by atoms with Crippen molar-refractivity contribution in [2.24, 2.45) is 18.7 Å². The Morgan fingerprint density at radius 1 is 1.18 bits per heavy atom. The van der Waals surface area contributed by atoms with Gasteiger partial charge in [-0.05, 0) is 79.1 Å². The first kappa shape index (κ1) is 26.0. The lowest BCUT2D eigenvalue weighted by Gasteiger charge is -2.45. The normalized spacial score (nSPS) is 25.6. The average molecular weight is 539 g/mol. The van der Waals surface area contributed by atoms with Crippen LogP contribution in [-0.4, -0.2) is 44.7 Å². The second-order valence-electron chi connectivity index (χ2n) is 11.6. The molecule has 3 aromatic rings. The number of alkyl halides is 3. The third-order valence-corrected chi connectivity index (χ3v) is 8.63. The summed E-state index contributed by atoms with van der Waals surface area (Å²) in [6, 6.07) is 10.4. The number of amides is 1. The number of aromatic nitrogens is 3. The quantitative estimate of drug-likeness (QED) is 0.512. The maximum atomic E-state index is 14.3. The Morgan fingerprint density at radius 3 is 2.64 bits per heavy atom. The number of carbonyl (C=O) groups is 1. The highest BCUT2D eigenvalue weighted by Crippen LogP contribution is 2.48. The molecule has 0 bridgehead atoms. The average Bonchev–Trinajstić information content (AvgIpc) is 3.44. The van der Waals surface area contributed by atoms with Crippen LogP contribution in [0.3, 0.4) is 0 Å². The molecule has 39 heavy (non-hydrogen) atoms. The van der Waals surface area contributed by atoms with Gasteiger partial charge in [0.1, 0.15) is 12.2 Å². The number of halogens is 3. The number of hydrogen-bond acceptors (Lipinski definition) is 5. The minimum Gasteiger partial charge on any atom is -0.328 e. The predicted octanol–water partition coefficient (Wildman–Crippen LogP) is 4.63. The summed E-state index contributed by atoms with van der Waals surface area (Å²) in [5.41, 5.74) is 7.25. The maximum Gasteiger partial charge on any atom is 0.416 e. The monoisotopic (exact) mass is 538 g/mol. The molecule has 2 aromatic carbocycles. The topological polar surface area (TPSA) is 80.3 Å². The Kier molecular flexibility index (Phi) is 6.30. The van der Waals surface area contributed by atoms with Crippen LogP contribution >= 0.6 is 0 Å². The fraction of sp³-hybridized carbons (Fsp3) is 0.483. The molecule has 1 saturated carbocycles. The van der Waals surface area contributed by atoms with Crippen LogP contribution in [0.15, 0.2) is 42.7 Å². The zero-order valence-corrected chi connectivity index (χ0v) is 22.2. The largest absolute Gasteiger partial charge is 0.416 e. The van der Waals surface area contributed by atoms with Crippen molar-refractivity contribution in [3.8, 4) is 0 Å². The third kappa shape index (κ3) is 4.53. The predicted molar refractivity (Wildman–Crippen MR) is 141 cm³/mol. The fourth-order valence-electron chi connectivity index (χ4n) is 6.78. The van der Waals surface area contributed by atoms with Crippen LogP contribution in [-0.2, 0) is 31.7 Å². The second-order valence-corrected chi connectivity index (χ2v) is 11.6. The Balaban J connectivity index is 1.34. The highest BCUT2D eigenvalue weighted by molar-refractivity contribution is 6.10. The number of nitrogens with two attached hydrogens (primary N) is 1. The molecule has 1 atom stereocenters. The summed E-state index contributed by atoms with van der Waals surface area (Å²) in [7, 11) is 1.88. The molecular formula is C29H33F3N6O. The van der Waals surface area contributed by atoms with E-state index in [1.54, 1.807) is 18.5 Å². The van der Waals surface area contributed by atoms with Gasteiger partial charge in [0.2, 0.25) is 0 Å². The van der Waals surface area contributed by atoms with Gasteiger partial charge in [0.25, 0.3) is 5.91 Å². The van der Waals surface area contributed by atoms with Crippen LogP contribution in [0.4, 0.5) is 18.9 Å². The fourth-order valence-corrected chi connectivity index (χ4v) is 6.78. The molecule has 3 heterocycles. The Labute approximate surface area is 225 Å². The summed E-state index contributed by atoms with van der Waals surface area (Å²) in [6.45, 7) is 4.15. The lowest BCUT2D eigenvalue weighted by Crippen LogP contribution is -2.51. The molecule has 10 heteroatoms. The molecule has 1 amide bonds. The molecule has 0 unspecified atom stereocenters. The molecule has 206 valence electrons. The summed E-state index contributed by atoms with van der Waals surface area (Å²) < 4.78 is 44.6. The molecule has 6 rings (SSSR count). The van der Waals surface area contributed by atoms with Crippen molar-refractivity contribution in [2.45, 2.75) is 63.3 Å². The smallest absolute Gasteiger partial charge is 0.328 e. The van der Waals surface area contributed by atoms with E-state index in [-0.39, 0.29) is 23.7 Å². The standard InChI is InChI=1S/C29H33F3N6O/c1-18-5-4-8-37(14-18)15-19-9-23-24(25(10-19)29(30,31)32)16-38(26(23)39)22-7-3-6-20(11-22)28(12-21(33)13-28)27-35-34-17-36(27)2/h3,6-7,9-11,17-18,21H,4-5,8,12-16,33H2,1-2H3/t18-,21?,28?/m0/s1. The number of likely N-dealkylation sites (tertiary alicyclic amines) is 1. The van der Waals surface area contributed by atoms with Crippen molar-refractivity contribution in [1.82, 2.24) is 19.7 Å². The Bertz CT molecular complexity index is 1410. The van der Waals surface area contributed by atoms with Crippen LogP contribution < -0.4 is 10.6 Å². The molecule has 3 aliphatic rings. The van der Waals surface area contributed by atoms with Gasteiger partial charge in [-0.2, -0.15) is 13.2 Å². The molecular weight excluding hydrogens is 505 g/mol. The van der Waals surface area contributed by atoms with Crippen molar-refractivity contribution < 1.29 is 18.0 Å². The van der Waals surface area contributed by atoms with Gasteiger partial charge in [-0.15, -0.1) is 10.2 Å². The molecule has 1 saturated heterocycles. The number of rotatable bonds is 5. The number of carbonyl (C=O) groups excluding carboxylic acids is 1. The summed E-state index contributed by atoms with van der Waals surface area (Å²) in [5, 5.41) is 8.39. The SMILES string of the molecule is C[C@H]1CCCN(Cc2cc3c(c(C(F)(F)F)c2)CN(c2cccc(C4(c5nncn5C)CC(N)C4)c2)C3=O)C1. The number of benzene rings is 2. The molecule has 2 N–H and O–H groups in total. The third-order valence-electron chi connectivity index (χ3n) is 8.63. The minimum absolute atomic E-state index is 0.0127. The molecule has 1 aromatic heterocycles. The van der Waals surface area contributed by atoms with Crippen molar-refractivity contribution in [3.05, 3.63) is 76.4 Å². The molecule has 0 spiro atoms. The minimum atomic E-state index is -4.55. The molecule has 0 radical (unpaired) electrons. The summed E-state index contributed by atoms with van der Waals surface area (Å²) in [4.78, 5) is 17.3. The first-order chi connectivity index (χ1) is 18.5. The van der Waals surface area contributed by atoms with Crippen molar-refractivity contribution in [3.63, 3.8) is 0 Å². The van der Waals surface area contributed by atoms with E-state index in [0.29, 0.717) is 36.6 Å². The number of hydrogen-bond donors (Lipinski definition) is 1. The summed E-state index contributed by atoms with van der Waals surface area (Å²) in [5.74, 6) is 0.891. The highest BCUT2D eigenvalue weighted by Gasteiger charge is 2.49. The van der Waals surface area contributed by atoms with Crippen LogP contribution in [0.2, 0.25) is 0 Å². The van der Waals surface area contributed by atoms with E-state index >= 15 is 0 Å². The molecule has 2 fully saturated rings. The van der Waals surface area contributed by atoms with Crippen molar-refractivity contribution >= 4 is 11.6 Å². The van der Waals surface area contributed by atoms with Crippen molar-refractivity contribution in [1.29, 1.82) is 0 Å². The zero-order valence-electron chi connectivity index (χ0n) is 22.2. The van der Waals surface area contributed by atoms with E-state index < -0.39 is 23.1 Å². The van der Waals surface area contributed by atoms with E-state index in [9.17, 15) is 18.0 Å². The zero-order chi connectivity index (χ0) is 27.5. The van der Waals surface area contributed by atoms with Gasteiger partial charge in [0.15, 0.2) is 0 Å². The number of nitrogens with zero attached hydrogens (tertiary/aromatic N) is 5. The first-order valence-corrected chi connectivity index (χ1v) is 13.5. The van der Waals surface area contributed by atoms with Gasteiger partial charge < -0.3 is 15.2 Å².